The van der Waals surface area contributed by atoms with Gasteiger partial charge in [0.05, 0.1) is 11.5 Å². The van der Waals surface area contributed by atoms with Gasteiger partial charge in [-0.05, 0) is 32.1 Å². The normalized spacial score (nSPS) is 34.5. The van der Waals surface area contributed by atoms with Crippen molar-refractivity contribution in [2.75, 3.05) is 11.5 Å². The second-order valence-electron chi connectivity index (χ2n) is 5.70. The zero-order valence-corrected chi connectivity index (χ0v) is 11.6. The van der Waals surface area contributed by atoms with Gasteiger partial charge in [-0.25, -0.2) is 8.42 Å². The van der Waals surface area contributed by atoms with Gasteiger partial charge >= 0.3 is 0 Å². The van der Waals surface area contributed by atoms with E-state index in [-0.39, 0.29) is 17.4 Å². The molecule has 2 aliphatic rings. The second kappa shape index (κ2) is 4.86. The summed E-state index contributed by atoms with van der Waals surface area (Å²) in [5.41, 5.74) is 5.88. The minimum Gasteiger partial charge on any atom is -0.339 e. The fourth-order valence-corrected chi connectivity index (χ4v) is 4.68. The van der Waals surface area contributed by atoms with E-state index in [4.69, 9.17) is 10.3 Å². The minimum absolute atomic E-state index is 0.0895. The molecule has 7 heteroatoms. The van der Waals surface area contributed by atoms with Gasteiger partial charge in [-0.3, -0.25) is 0 Å². The molecule has 1 saturated carbocycles. The fraction of sp³-hybridized carbons (Fsp3) is 0.833. The highest BCUT2D eigenvalue weighted by atomic mass is 32.2. The van der Waals surface area contributed by atoms with Crippen molar-refractivity contribution in [2.45, 2.75) is 50.0 Å². The first-order chi connectivity index (χ1) is 9.03. The van der Waals surface area contributed by atoms with Gasteiger partial charge in [0, 0.05) is 17.9 Å². The standard InChI is InChI=1S/C12H19N3O3S/c13-10-3-1-8(2-4-10)12-14-11(15-18-12)9-5-6-19(16,17)7-9/h8-10H,1-7,13H2. The van der Waals surface area contributed by atoms with Crippen LogP contribution < -0.4 is 5.73 Å². The second-order valence-corrected chi connectivity index (χ2v) is 7.93. The summed E-state index contributed by atoms with van der Waals surface area (Å²) in [7, 11) is -2.90. The molecule has 0 spiro atoms. The minimum atomic E-state index is -2.90. The zero-order valence-electron chi connectivity index (χ0n) is 10.8. The molecule has 19 heavy (non-hydrogen) atoms. The predicted molar refractivity (Wildman–Crippen MR) is 69.5 cm³/mol. The van der Waals surface area contributed by atoms with Crippen LogP contribution >= 0.6 is 0 Å². The lowest BCUT2D eigenvalue weighted by molar-refractivity contribution is 0.299. The maximum atomic E-state index is 11.5. The maximum absolute atomic E-state index is 11.5. The van der Waals surface area contributed by atoms with Crippen LogP contribution in [0, 0.1) is 0 Å². The van der Waals surface area contributed by atoms with Crippen molar-refractivity contribution in [1.29, 1.82) is 0 Å². The van der Waals surface area contributed by atoms with Crippen LogP contribution in [-0.2, 0) is 9.84 Å². The molecular weight excluding hydrogens is 266 g/mol. The van der Waals surface area contributed by atoms with Crippen molar-refractivity contribution in [2.24, 2.45) is 5.73 Å². The van der Waals surface area contributed by atoms with E-state index in [2.05, 4.69) is 10.1 Å². The SMILES string of the molecule is NC1CCC(c2nc(C3CCS(=O)(=O)C3)no2)CC1. The molecule has 0 amide bonds. The lowest BCUT2D eigenvalue weighted by Crippen LogP contribution is -2.25. The number of hydrogen-bond acceptors (Lipinski definition) is 6. The molecule has 0 radical (unpaired) electrons. The molecule has 1 aliphatic heterocycles. The molecule has 1 aromatic heterocycles. The van der Waals surface area contributed by atoms with E-state index in [0.29, 0.717) is 30.1 Å². The Morgan fingerprint density at radius 2 is 1.84 bits per heavy atom. The van der Waals surface area contributed by atoms with Crippen LogP contribution in [0.25, 0.3) is 0 Å². The van der Waals surface area contributed by atoms with Gasteiger partial charge in [0.15, 0.2) is 15.7 Å². The fourth-order valence-electron chi connectivity index (χ4n) is 2.94. The summed E-state index contributed by atoms with van der Waals surface area (Å²) in [6, 6.07) is 0.290. The first kappa shape index (κ1) is 13.1. The number of sulfone groups is 1. The van der Waals surface area contributed by atoms with Crippen LogP contribution in [0.3, 0.4) is 0 Å². The van der Waals surface area contributed by atoms with E-state index in [1.807, 2.05) is 0 Å². The average molecular weight is 285 g/mol. The van der Waals surface area contributed by atoms with Crippen LogP contribution in [-0.4, -0.2) is 36.1 Å². The summed E-state index contributed by atoms with van der Waals surface area (Å²) in [6.07, 6.45) is 4.54. The van der Waals surface area contributed by atoms with Crippen molar-refractivity contribution in [3.63, 3.8) is 0 Å². The molecule has 1 unspecified atom stereocenters. The van der Waals surface area contributed by atoms with E-state index in [1.165, 1.54) is 0 Å². The molecule has 2 fully saturated rings. The maximum Gasteiger partial charge on any atom is 0.229 e. The highest BCUT2D eigenvalue weighted by Crippen LogP contribution is 2.33. The van der Waals surface area contributed by atoms with Crippen LogP contribution in [0.5, 0.6) is 0 Å². The third kappa shape index (κ3) is 2.81. The van der Waals surface area contributed by atoms with E-state index in [0.717, 1.165) is 25.7 Å². The third-order valence-corrected chi connectivity index (χ3v) is 5.94. The van der Waals surface area contributed by atoms with Gasteiger partial charge in [0.2, 0.25) is 5.89 Å². The summed E-state index contributed by atoms with van der Waals surface area (Å²) in [5.74, 6) is 1.81. The number of rotatable bonds is 2. The molecule has 6 nitrogen and oxygen atoms in total. The van der Waals surface area contributed by atoms with Crippen molar-refractivity contribution in [3.05, 3.63) is 11.7 Å². The molecule has 0 bridgehead atoms. The Labute approximate surface area is 112 Å². The Hall–Kier alpha value is -0.950. The first-order valence-corrected chi connectivity index (χ1v) is 8.65. The van der Waals surface area contributed by atoms with Gasteiger partial charge in [0.1, 0.15) is 0 Å². The summed E-state index contributed by atoms with van der Waals surface area (Å²) in [5, 5.41) is 3.98. The van der Waals surface area contributed by atoms with Gasteiger partial charge < -0.3 is 10.3 Å². The third-order valence-electron chi connectivity index (χ3n) is 4.18. The summed E-state index contributed by atoms with van der Waals surface area (Å²) < 4.78 is 28.2. The molecule has 106 valence electrons. The Bertz CT molecular complexity index is 546. The van der Waals surface area contributed by atoms with E-state index in [9.17, 15) is 8.42 Å². The van der Waals surface area contributed by atoms with Crippen molar-refractivity contribution >= 4 is 9.84 Å². The van der Waals surface area contributed by atoms with Crippen LogP contribution in [0.4, 0.5) is 0 Å². The monoisotopic (exact) mass is 285 g/mol. The highest BCUT2D eigenvalue weighted by molar-refractivity contribution is 7.91. The largest absolute Gasteiger partial charge is 0.339 e. The van der Waals surface area contributed by atoms with Crippen LogP contribution in [0.15, 0.2) is 4.52 Å². The molecule has 1 atom stereocenters. The quantitative estimate of drug-likeness (QED) is 0.868. The molecule has 1 aliphatic carbocycles. The molecular formula is C12H19N3O3S. The van der Waals surface area contributed by atoms with Gasteiger partial charge in [-0.2, -0.15) is 4.98 Å². The Balaban J connectivity index is 1.70. The number of nitrogens with two attached hydrogens (primary N) is 1. The number of aromatic nitrogens is 2. The zero-order chi connectivity index (χ0) is 13.5. The van der Waals surface area contributed by atoms with E-state index in [1.54, 1.807) is 0 Å². The smallest absolute Gasteiger partial charge is 0.229 e. The lowest BCUT2D eigenvalue weighted by atomic mass is 9.86. The van der Waals surface area contributed by atoms with Gasteiger partial charge in [-0.1, -0.05) is 5.16 Å². The molecule has 2 heterocycles. The van der Waals surface area contributed by atoms with Crippen LogP contribution in [0.2, 0.25) is 0 Å². The molecule has 1 aromatic rings. The summed E-state index contributed by atoms with van der Waals surface area (Å²) >= 11 is 0. The molecule has 2 N–H and O–H groups in total. The van der Waals surface area contributed by atoms with Crippen molar-refractivity contribution < 1.29 is 12.9 Å². The first-order valence-electron chi connectivity index (χ1n) is 6.83. The van der Waals surface area contributed by atoms with Crippen LogP contribution in [0.1, 0.15) is 55.7 Å². The number of hydrogen-bond donors (Lipinski definition) is 1. The summed E-state index contributed by atoms with van der Waals surface area (Å²) in [6.45, 7) is 0. The topological polar surface area (TPSA) is 99.1 Å². The summed E-state index contributed by atoms with van der Waals surface area (Å²) in [4.78, 5) is 4.42. The Morgan fingerprint density at radius 1 is 1.11 bits per heavy atom. The Kier molecular flexibility index (Phi) is 3.34. The highest BCUT2D eigenvalue weighted by Gasteiger charge is 2.33. The van der Waals surface area contributed by atoms with E-state index >= 15 is 0 Å². The van der Waals surface area contributed by atoms with Gasteiger partial charge in [0.25, 0.3) is 0 Å². The van der Waals surface area contributed by atoms with Crippen molar-refractivity contribution in [3.8, 4) is 0 Å². The van der Waals surface area contributed by atoms with Crippen molar-refractivity contribution in [1.82, 2.24) is 10.1 Å². The number of nitrogens with zero attached hydrogens (tertiary/aromatic N) is 2. The molecule has 0 aromatic carbocycles. The predicted octanol–water partition coefficient (Wildman–Crippen LogP) is 0.957. The molecule has 3 rings (SSSR count). The lowest BCUT2D eigenvalue weighted by Gasteiger charge is -2.22. The van der Waals surface area contributed by atoms with Gasteiger partial charge in [-0.15, -0.1) is 0 Å². The Morgan fingerprint density at radius 3 is 2.47 bits per heavy atom. The molecule has 1 saturated heterocycles. The average Bonchev–Trinajstić information content (AvgIpc) is 2.96. The van der Waals surface area contributed by atoms with E-state index < -0.39 is 9.84 Å².